The van der Waals surface area contributed by atoms with E-state index in [0.29, 0.717) is 19.6 Å². The Bertz CT molecular complexity index is 1040. The zero-order valence-electron chi connectivity index (χ0n) is 32.8. The van der Waals surface area contributed by atoms with E-state index in [1.54, 1.807) is 154 Å². The second kappa shape index (κ2) is 23.7. The van der Waals surface area contributed by atoms with Gasteiger partial charge >= 0.3 is 93.0 Å². The summed E-state index contributed by atoms with van der Waals surface area (Å²) < 4.78 is 9.35. The van der Waals surface area contributed by atoms with Gasteiger partial charge in [-0.2, -0.15) is 0 Å². The van der Waals surface area contributed by atoms with Crippen LogP contribution in [0, 0.1) is 3.75 Å². The Balaban J connectivity index is 0.000000153. The minimum atomic E-state index is -2.24. The Hall–Kier alpha value is 0.613. The summed E-state index contributed by atoms with van der Waals surface area (Å²) in [7, 11) is 14.6. The number of rotatable bonds is 8. The van der Waals surface area contributed by atoms with Gasteiger partial charge in [-0.25, -0.2) is 0 Å². The van der Waals surface area contributed by atoms with Gasteiger partial charge in [-0.3, -0.25) is 0 Å². The molecule has 0 aromatic heterocycles. The van der Waals surface area contributed by atoms with Gasteiger partial charge < -0.3 is 0 Å². The van der Waals surface area contributed by atoms with Gasteiger partial charge in [0, 0.05) is 0 Å². The second-order valence-electron chi connectivity index (χ2n) is 16.9. The van der Waals surface area contributed by atoms with E-state index in [1.165, 1.54) is 86.7 Å². The fraction of sp³-hybridized carbons (Fsp3) is 0.884. The topological polar surface area (TPSA) is 52.6 Å². The van der Waals surface area contributed by atoms with Gasteiger partial charge in [-0.15, -0.1) is 0 Å². The van der Waals surface area contributed by atoms with Crippen molar-refractivity contribution in [2.45, 2.75) is 227 Å². The Morgan fingerprint density at radius 3 is 0.769 bits per heavy atom. The molecule has 0 saturated heterocycles. The summed E-state index contributed by atoms with van der Waals surface area (Å²) in [6.07, 6.45) is 47.2. The van der Waals surface area contributed by atoms with Crippen LogP contribution >= 0.6 is 35.2 Å². The average molecular weight is 887 g/mol. The molecule has 4 nitrogen and oxygen atoms in total. The molecule has 1 aromatic carbocycles. The van der Waals surface area contributed by atoms with Gasteiger partial charge in [-0.05, 0) is 111 Å². The Kier molecular flexibility index (Phi) is 20.0. The summed E-state index contributed by atoms with van der Waals surface area (Å²) in [6, 6.07) is 0. The quantitative estimate of drug-likeness (QED) is 0.148. The molecule has 0 heterocycles. The van der Waals surface area contributed by atoms with E-state index in [9.17, 15) is 9.59 Å². The van der Waals surface area contributed by atoms with Crippen LogP contribution in [0.1, 0.15) is 213 Å². The molecule has 0 aliphatic heterocycles. The maximum atomic E-state index is 11.1. The SMILES string of the molecule is C1CCC(P(C2CCCCC2)C2CCCCC2)CC1.C1CCC(P(C2CCCCC2)C2CCCCC2)CC1.COC(=O)c1c(C(=O)OC)[c]1=[Ru]([Cl])[Cl]. The number of methoxy groups -OCH3 is 2. The van der Waals surface area contributed by atoms with Gasteiger partial charge in [0.15, 0.2) is 0 Å². The molecule has 52 heavy (non-hydrogen) atoms. The first kappa shape index (κ1) is 43.7. The third kappa shape index (κ3) is 12.8. The van der Waals surface area contributed by atoms with Crippen LogP contribution in [-0.2, 0) is 23.0 Å². The molecule has 0 amide bonds. The molecule has 9 heteroatoms. The van der Waals surface area contributed by atoms with Crippen molar-refractivity contribution in [1.29, 1.82) is 0 Å². The van der Waals surface area contributed by atoms with Gasteiger partial charge in [0.05, 0.1) is 0 Å². The van der Waals surface area contributed by atoms with Crippen LogP contribution in [0.15, 0.2) is 0 Å². The van der Waals surface area contributed by atoms with E-state index in [0.717, 1.165) is 0 Å². The van der Waals surface area contributed by atoms with E-state index in [1.807, 2.05) is 0 Å². The summed E-state index contributed by atoms with van der Waals surface area (Å²) in [5.74, 6) is -1.19. The predicted octanol–water partition coefficient (Wildman–Crippen LogP) is 14.5. The zero-order chi connectivity index (χ0) is 36.7. The molecule has 6 aliphatic carbocycles. The van der Waals surface area contributed by atoms with Crippen LogP contribution < -0.4 is 0 Å². The number of hydrogen-bond acceptors (Lipinski definition) is 4. The first-order valence-electron chi connectivity index (χ1n) is 21.8. The molecule has 0 radical (unpaired) electrons. The fourth-order valence-electron chi connectivity index (χ4n) is 10.9. The number of esters is 2. The molecule has 6 saturated carbocycles. The number of halogens is 2. The van der Waals surface area contributed by atoms with Crippen LogP contribution in [0.25, 0.3) is 0 Å². The van der Waals surface area contributed by atoms with Crippen molar-refractivity contribution in [3.8, 4) is 0 Å². The summed E-state index contributed by atoms with van der Waals surface area (Å²) in [6.45, 7) is 0. The van der Waals surface area contributed by atoms with Crippen molar-refractivity contribution in [3.63, 3.8) is 0 Å². The Labute approximate surface area is 333 Å². The molecule has 7 rings (SSSR count). The molecule has 0 N–H and O–H groups in total. The van der Waals surface area contributed by atoms with Gasteiger partial charge in [0.2, 0.25) is 0 Å². The van der Waals surface area contributed by atoms with E-state index >= 15 is 0 Å². The first-order chi connectivity index (χ1) is 25.4. The van der Waals surface area contributed by atoms with Crippen LogP contribution in [0.2, 0.25) is 0 Å². The molecule has 0 spiro atoms. The monoisotopic (exact) mass is 886 g/mol. The van der Waals surface area contributed by atoms with Crippen LogP contribution in [0.4, 0.5) is 0 Å². The molecule has 0 atom stereocenters. The van der Waals surface area contributed by atoms with Crippen molar-refractivity contribution >= 4 is 47.2 Å². The number of carbonyl (C=O) groups is 2. The average Bonchev–Trinajstić information content (AvgIpc) is 3.97. The van der Waals surface area contributed by atoms with Crippen molar-refractivity contribution in [2.24, 2.45) is 0 Å². The van der Waals surface area contributed by atoms with Crippen LogP contribution in [0.5, 0.6) is 0 Å². The zero-order valence-corrected chi connectivity index (χ0v) is 37.9. The molecule has 0 bridgehead atoms. The molecular weight excluding hydrogens is 814 g/mol. The third-order valence-electron chi connectivity index (χ3n) is 13.5. The van der Waals surface area contributed by atoms with Crippen LogP contribution in [0.3, 0.4) is 0 Å². The van der Waals surface area contributed by atoms with E-state index in [2.05, 4.69) is 9.47 Å². The van der Waals surface area contributed by atoms with Crippen molar-refractivity contribution in [3.05, 3.63) is 14.9 Å². The fourth-order valence-corrected chi connectivity index (χ4v) is 23.2. The van der Waals surface area contributed by atoms with Crippen LogP contribution in [-0.4, -0.2) is 60.1 Å². The van der Waals surface area contributed by atoms with Gasteiger partial charge in [0.25, 0.3) is 0 Å². The molecule has 1 aromatic rings. The summed E-state index contributed by atoms with van der Waals surface area (Å²) in [4.78, 5) is 22.2. The molecule has 6 aliphatic rings. The number of hydrogen-bond donors (Lipinski definition) is 0. The molecule has 6 fully saturated rings. The molecular formula is C43H72Cl2O4P2Ru. The minimum absolute atomic E-state index is 0.183. The normalized spacial score (nSPS) is 24.2. The molecule has 0 unspecified atom stereocenters. The summed E-state index contributed by atoms with van der Waals surface area (Å²) >= 11 is -2.24. The predicted molar refractivity (Wildman–Crippen MR) is 222 cm³/mol. The molecule has 300 valence electrons. The summed E-state index contributed by atoms with van der Waals surface area (Å²) in [5.41, 5.74) is 7.51. The number of ether oxygens (including phenoxy) is 2. The van der Waals surface area contributed by atoms with E-state index < -0.39 is 25.5 Å². The Morgan fingerprint density at radius 2 is 0.615 bits per heavy atom. The maximum absolute atomic E-state index is 11.1. The standard InChI is InChI=1S/2C18H33P.C7H6O4.2ClH.Ru/c2*1-4-10-16(11-5-1)19(17-12-6-2-7-13-17)18-14-8-3-9-15-18;1-10-6(8)4-3-5(4)7(9)11-2;;;/h2*16-18H,1-15H2;1-2H3;2*1H;/q;;;;;+2/p-2. The Morgan fingerprint density at radius 1 is 0.423 bits per heavy atom. The van der Waals surface area contributed by atoms with E-state index in [-0.39, 0.29) is 11.1 Å². The van der Waals surface area contributed by atoms with Crippen molar-refractivity contribution in [1.82, 2.24) is 0 Å². The van der Waals surface area contributed by atoms with Crippen molar-refractivity contribution < 1.29 is 32.6 Å². The first-order valence-corrected chi connectivity index (χ1v) is 30.2. The van der Waals surface area contributed by atoms with E-state index in [4.69, 9.17) is 19.4 Å². The summed E-state index contributed by atoms with van der Waals surface area (Å²) in [5, 5.41) is 0. The second-order valence-corrected chi connectivity index (χ2v) is 28.8. The van der Waals surface area contributed by atoms with Gasteiger partial charge in [-0.1, -0.05) is 131 Å². The van der Waals surface area contributed by atoms with Crippen molar-refractivity contribution in [2.75, 3.05) is 14.2 Å². The van der Waals surface area contributed by atoms with Gasteiger partial charge in [0.1, 0.15) is 0 Å². The third-order valence-corrected chi connectivity index (χ3v) is 24.8. The number of carbonyl (C=O) groups excluding carboxylic acids is 2.